The normalized spacial score (nSPS) is 18.7. The second kappa shape index (κ2) is 9.15. The van der Waals surface area contributed by atoms with Crippen LogP contribution in [-0.2, 0) is 9.47 Å². The van der Waals surface area contributed by atoms with Gasteiger partial charge in [-0.3, -0.25) is 0 Å². The number of carbonyl (C=O) groups excluding carboxylic acids is 1. The summed E-state index contributed by atoms with van der Waals surface area (Å²) in [5, 5.41) is 3.98. The topological polar surface area (TPSA) is 82.6 Å². The summed E-state index contributed by atoms with van der Waals surface area (Å²) < 4.78 is 30.5. The molecule has 0 amide bonds. The number of nitrogens with zero attached hydrogens (tertiary/aromatic N) is 2. The first kappa shape index (κ1) is 21.5. The molecule has 0 unspecified atom stereocenters. The van der Waals surface area contributed by atoms with Gasteiger partial charge in [-0.25, -0.2) is 19.2 Å². The lowest BCUT2D eigenvalue weighted by Gasteiger charge is -2.28. The molecule has 0 spiro atoms. The lowest BCUT2D eigenvalue weighted by Crippen LogP contribution is -2.27. The van der Waals surface area contributed by atoms with E-state index in [0.29, 0.717) is 27.0 Å². The minimum absolute atomic E-state index is 0.00650. The van der Waals surface area contributed by atoms with Crippen molar-refractivity contribution in [2.24, 2.45) is 0 Å². The van der Waals surface area contributed by atoms with Crippen LogP contribution in [0.3, 0.4) is 0 Å². The minimum atomic E-state index is -0.413. The number of aromatic nitrogens is 2. The molecule has 1 fully saturated rings. The first-order valence-corrected chi connectivity index (χ1v) is 10.9. The fraction of sp³-hybridized carbons (Fsp3) is 0.409. The molecule has 1 aliphatic rings. The summed E-state index contributed by atoms with van der Waals surface area (Å²) in [7, 11) is 3.07. The number of aryl methyl sites for hydroxylation is 1. The van der Waals surface area contributed by atoms with Crippen LogP contribution in [0.2, 0.25) is 0 Å². The molecule has 0 radical (unpaired) electrons. The van der Waals surface area contributed by atoms with Crippen LogP contribution in [0.25, 0.3) is 10.2 Å². The Morgan fingerprint density at radius 3 is 2.61 bits per heavy atom. The number of esters is 1. The van der Waals surface area contributed by atoms with Gasteiger partial charge in [-0.05, 0) is 50.3 Å². The third kappa shape index (κ3) is 4.47. The maximum atomic E-state index is 14.0. The van der Waals surface area contributed by atoms with Crippen molar-refractivity contribution in [2.75, 3.05) is 19.5 Å². The molecule has 0 saturated heterocycles. The number of hydrogen-bond acceptors (Lipinski definition) is 8. The van der Waals surface area contributed by atoms with Crippen molar-refractivity contribution in [3.05, 3.63) is 40.8 Å². The lowest BCUT2D eigenvalue weighted by atomic mass is 9.95. The Morgan fingerprint density at radius 1 is 1.16 bits per heavy atom. The molecule has 3 aromatic rings. The van der Waals surface area contributed by atoms with Gasteiger partial charge in [-0.15, -0.1) is 11.3 Å². The van der Waals surface area contributed by atoms with Gasteiger partial charge in [-0.2, -0.15) is 0 Å². The number of fused-ring (bicyclic) bond motifs is 1. The zero-order valence-corrected chi connectivity index (χ0v) is 18.4. The molecule has 0 atom stereocenters. The predicted octanol–water partition coefficient (Wildman–Crippen LogP) is 5.01. The summed E-state index contributed by atoms with van der Waals surface area (Å²) in [5.74, 6) is 0.157. The van der Waals surface area contributed by atoms with Gasteiger partial charge in [0.15, 0.2) is 0 Å². The second-order valence-electron chi connectivity index (χ2n) is 7.47. The van der Waals surface area contributed by atoms with E-state index in [-0.39, 0.29) is 18.0 Å². The first-order chi connectivity index (χ1) is 15.0. The maximum Gasteiger partial charge on any atom is 0.348 e. The standard InChI is InChI=1S/C22H24FN3O4S/c1-12-18-20(24-11-25-21(18)31-19(12)22(27)29-3)26-16-9-4-13(23)10-17(16)30-15-7-5-14(28-2)6-8-15/h4,9-11,14-15H,5-8H2,1-3H3,(H,24,25,26)/t14-,15-. The number of benzene rings is 1. The highest BCUT2D eigenvalue weighted by Crippen LogP contribution is 2.37. The zero-order valence-electron chi connectivity index (χ0n) is 17.6. The third-order valence-electron chi connectivity index (χ3n) is 5.54. The van der Waals surface area contributed by atoms with Crippen LogP contribution in [0.5, 0.6) is 5.75 Å². The molecule has 7 nitrogen and oxygen atoms in total. The molecule has 4 rings (SSSR count). The number of ether oxygens (including phenoxy) is 3. The highest BCUT2D eigenvalue weighted by Gasteiger charge is 2.24. The number of methoxy groups -OCH3 is 2. The van der Waals surface area contributed by atoms with E-state index in [0.717, 1.165) is 36.6 Å². The van der Waals surface area contributed by atoms with E-state index in [4.69, 9.17) is 14.2 Å². The highest BCUT2D eigenvalue weighted by atomic mass is 32.1. The van der Waals surface area contributed by atoms with Crippen molar-refractivity contribution in [3.8, 4) is 5.75 Å². The smallest absolute Gasteiger partial charge is 0.348 e. The van der Waals surface area contributed by atoms with Crippen molar-refractivity contribution in [2.45, 2.75) is 44.8 Å². The van der Waals surface area contributed by atoms with Gasteiger partial charge in [0.2, 0.25) is 0 Å². The Bertz CT molecular complexity index is 1100. The molecule has 0 aliphatic heterocycles. The van der Waals surface area contributed by atoms with Crippen molar-refractivity contribution < 1.29 is 23.4 Å². The second-order valence-corrected chi connectivity index (χ2v) is 8.47. The number of anilines is 2. The lowest BCUT2D eigenvalue weighted by molar-refractivity contribution is 0.0329. The first-order valence-electron chi connectivity index (χ1n) is 10.1. The SMILES string of the molecule is COC(=O)c1sc2ncnc(Nc3ccc(F)cc3O[C@H]3CC[C@H](OC)CC3)c2c1C. The molecule has 1 aliphatic carbocycles. The predicted molar refractivity (Wildman–Crippen MR) is 117 cm³/mol. The quantitative estimate of drug-likeness (QED) is 0.534. The average molecular weight is 446 g/mol. The maximum absolute atomic E-state index is 14.0. The average Bonchev–Trinajstić information content (AvgIpc) is 3.13. The van der Waals surface area contributed by atoms with Crippen LogP contribution >= 0.6 is 11.3 Å². The Hall–Kier alpha value is -2.78. The van der Waals surface area contributed by atoms with Crippen molar-refractivity contribution in [1.29, 1.82) is 0 Å². The Morgan fingerprint density at radius 2 is 1.90 bits per heavy atom. The van der Waals surface area contributed by atoms with E-state index < -0.39 is 5.97 Å². The molecular weight excluding hydrogens is 421 g/mol. The van der Waals surface area contributed by atoms with E-state index >= 15 is 0 Å². The van der Waals surface area contributed by atoms with E-state index in [1.54, 1.807) is 13.2 Å². The molecule has 2 aromatic heterocycles. The Balaban J connectivity index is 1.63. The molecular formula is C22H24FN3O4S. The fourth-order valence-corrected chi connectivity index (χ4v) is 4.91. The molecule has 1 N–H and O–H groups in total. The van der Waals surface area contributed by atoms with Gasteiger partial charge in [-0.1, -0.05) is 0 Å². The number of hydrogen-bond donors (Lipinski definition) is 1. The fourth-order valence-electron chi connectivity index (χ4n) is 3.84. The summed E-state index contributed by atoms with van der Waals surface area (Å²) in [6.45, 7) is 1.83. The number of rotatable bonds is 6. The third-order valence-corrected chi connectivity index (χ3v) is 6.72. The van der Waals surface area contributed by atoms with Gasteiger partial charge in [0.1, 0.15) is 33.4 Å². The van der Waals surface area contributed by atoms with Gasteiger partial charge in [0, 0.05) is 13.2 Å². The van der Waals surface area contributed by atoms with Gasteiger partial charge < -0.3 is 19.5 Å². The van der Waals surface area contributed by atoms with E-state index in [9.17, 15) is 9.18 Å². The zero-order chi connectivity index (χ0) is 22.0. The number of halogens is 1. The monoisotopic (exact) mass is 445 g/mol. The van der Waals surface area contributed by atoms with E-state index in [1.807, 2.05) is 6.92 Å². The summed E-state index contributed by atoms with van der Waals surface area (Å²) in [4.78, 5) is 21.9. The molecule has 31 heavy (non-hydrogen) atoms. The van der Waals surface area contributed by atoms with Crippen LogP contribution in [-0.4, -0.2) is 42.4 Å². The van der Waals surface area contributed by atoms with Crippen LogP contribution in [0.1, 0.15) is 40.9 Å². The van der Waals surface area contributed by atoms with E-state index in [1.165, 1.54) is 36.9 Å². The van der Waals surface area contributed by atoms with Crippen molar-refractivity contribution >= 4 is 39.0 Å². The van der Waals surface area contributed by atoms with Crippen LogP contribution in [0.4, 0.5) is 15.9 Å². The van der Waals surface area contributed by atoms with Gasteiger partial charge in [0.25, 0.3) is 0 Å². The van der Waals surface area contributed by atoms with Gasteiger partial charge >= 0.3 is 5.97 Å². The number of nitrogens with one attached hydrogen (secondary N) is 1. The molecule has 0 bridgehead atoms. The molecule has 2 heterocycles. The summed E-state index contributed by atoms with van der Waals surface area (Å²) in [6.07, 6.45) is 5.19. The highest BCUT2D eigenvalue weighted by molar-refractivity contribution is 7.20. The van der Waals surface area contributed by atoms with Crippen LogP contribution < -0.4 is 10.1 Å². The van der Waals surface area contributed by atoms with Crippen molar-refractivity contribution in [1.82, 2.24) is 9.97 Å². The number of thiophene rings is 1. The number of carbonyl (C=O) groups is 1. The minimum Gasteiger partial charge on any atom is -0.488 e. The molecule has 1 saturated carbocycles. The van der Waals surface area contributed by atoms with Gasteiger partial charge in [0.05, 0.1) is 30.4 Å². The molecule has 1 aromatic carbocycles. The molecule has 164 valence electrons. The van der Waals surface area contributed by atoms with E-state index in [2.05, 4.69) is 15.3 Å². The summed E-state index contributed by atoms with van der Waals surface area (Å²) >= 11 is 1.25. The Kier molecular flexibility index (Phi) is 6.33. The Labute approximate surface area is 183 Å². The molecule has 9 heteroatoms. The largest absolute Gasteiger partial charge is 0.488 e. The summed E-state index contributed by atoms with van der Waals surface area (Å²) in [5.41, 5.74) is 1.33. The van der Waals surface area contributed by atoms with Crippen LogP contribution in [0.15, 0.2) is 24.5 Å². The van der Waals surface area contributed by atoms with Crippen LogP contribution in [0, 0.1) is 12.7 Å². The van der Waals surface area contributed by atoms with Crippen molar-refractivity contribution in [3.63, 3.8) is 0 Å². The summed E-state index contributed by atoms with van der Waals surface area (Å²) in [6, 6.07) is 4.38.